The largest absolute Gasteiger partial charge is 0.379 e. The molecule has 0 radical (unpaired) electrons. The third-order valence-corrected chi connectivity index (χ3v) is 5.81. The lowest BCUT2D eigenvalue weighted by atomic mass is 10.0. The third-order valence-electron chi connectivity index (χ3n) is 5.48. The number of amides is 1. The molecule has 0 atom stereocenters. The fourth-order valence-electron chi connectivity index (χ4n) is 3.63. The molecule has 1 amide bonds. The Kier molecular flexibility index (Phi) is 5.63. The maximum Gasteiger partial charge on any atom is 0.268 e. The number of fused-ring (bicyclic) bond motifs is 1. The second kappa shape index (κ2) is 8.14. The smallest absolute Gasteiger partial charge is 0.268 e. The molecule has 2 aliphatic rings. The Hall–Kier alpha value is -1.67. The molecule has 146 valence electrons. The Morgan fingerprint density at radius 3 is 2.85 bits per heavy atom. The van der Waals surface area contributed by atoms with Crippen molar-refractivity contribution in [2.75, 3.05) is 52.5 Å². The van der Waals surface area contributed by atoms with Gasteiger partial charge < -0.3 is 10.1 Å². The summed E-state index contributed by atoms with van der Waals surface area (Å²) in [5.74, 6) is 0.486. The highest BCUT2D eigenvalue weighted by Crippen LogP contribution is 2.23. The lowest BCUT2D eigenvalue weighted by molar-refractivity contribution is 0.0359. The predicted molar refractivity (Wildman–Crippen MR) is 105 cm³/mol. The van der Waals surface area contributed by atoms with Gasteiger partial charge in [-0.25, -0.2) is 4.42 Å². The first-order valence-corrected chi connectivity index (χ1v) is 9.91. The van der Waals surface area contributed by atoms with E-state index >= 15 is 0 Å². The number of hydrogen-bond donors (Lipinski definition) is 1. The number of nitrogens with one attached hydrogen (secondary N) is 1. The van der Waals surface area contributed by atoms with E-state index in [-0.39, 0.29) is 5.91 Å². The summed E-state index contributed by atoms with van der Waals surface area (Å²) in [5, 5.41) is 8.95. The zero-order valence-electron chi connectivity index (χ0n) is 15.7. The molecule has 1 aromatic carbocycles. The number of aromatic nitrogens is 2. The van der Waals surface area contributed by atoms with Crippen molar-refractivity contribution in [1.82, 2.24) is 24.4 Å². The Balaban J connectivity index is 1.44. The lowest BCUT2D eigenvalue weighted by Crippen LogP contribution is -2.44. The third kappa shape index (κ3) is 4.11. The predicted octanol–water partition coefficient (Wildman–Crippen LogP) is 1.49. The summed E-state index contributed by atoms with van der Waals surface area (Å²) in [4.78, 5) is 15.1. The minimum absolute atomic E-state index is 0.153. The van der Waals surface area contributed by atoms with Crippen LogP contribution < -0.4 is 5.32 Å². The van der Waals surface area contributed by atoms with Crippen LogP contribution >= 0.6 is 11.8 Å². The van der Waals surface area contributed by atoms with Crippen molar-refractivity contribution in [3.05, 3.63) is 29.5 Å². The second-order valence-electron chi connectivity index (χ2n) is 7.39. The zero-order valence-corrected chi connectivity index (χ0v) is 16.4. The van der Waals surface area contributed by atoms with E-state index in [0.29, 0.717) is 18.0 Å². The van der Waals surface area contributed by atoms with E-state index in [1.165, 1.54) is 4.42 Å². The Morgan fingerprint density at radius 2 is 2.15 bits per heavy atom. The van der Waals surface area contributed by atoms with E-state index in [9.17, 15) is 4.79 Å². The minimum Gasteiger partial charge on any atom is -0.379 e. The number of benzene rings is 1. The molecule has 27 heavy (non-hydrogen) atoms. The molecule has 4 rings (SSSR count). The number of carbonyl (C=O) groups excluding carboxylic acids is 1. The molecule has 8 heteroatoms. The summed E-state index contributed by atoms with van der Waals surface area (Å²) in [6, 6.07) is 3.75. The summed E-state index contributed by atoms with van der Waals surface area (Å²) in [6.07, 6.45) is 2.05. The fourth-order valence-corrected chi connectivity index (χ4v) is 3.80. The average molecular weight is 392 g/mol. The molecular weight excluding hydrogens is 366 g/mol. The van der Waals surface area contributed by atoms with Gasteiger partial charge in [0.15, 0.2) is 0 Å². The summed E-state index contributed by atoms with van der Waals surface area (Å²) >= 11 is 6.31. The SMILES string of the molecule is Cc1c(C(=O)N(Cl)CCN2CCOCC2)ccc2nn(CC3CNC3)cc12. The van der Waals surface area contributed by atoms with E-state index in [2.05, 4.69) is 15.3 Å². The summed E-state index contributed by atoms with van der Waals surface area (Å²) in [7, 11) is 0. The van der Waals surface area contributed by atoms with Gasteiger partial charge in [-0.15, -0.1) is 0 Å². The second-order valence-corrected chi connectivity index (χ2v) is 7.80. The number of aryl methyl sites for hydroxylation is 1. The molecule has 1 aromatic heterocycles. The van der Waals surface area contributed by atoms with E-state index < -0.39 is 0 Å². The van der Waals surface area contributed by atoms with E-state index in [1.807, 2.05) is 29.9 Å². The molecule has 0 bridgehead atoms. The number of morpholine rings is 1. The van der Waals surface area contributed by atoms with Crippen LogP contribution in [0.4, 0.5) is 0 Å². The van der Waals surface area contributed by atoms with E-state index in [4.69, 9.17) is 16.5 Å². The van der Waals surface area contributed by atoms with Gasteiger partial charge in [-0.2, -0.15) is 5.10 Å². The molecule has 2 fully saturated rings. The summed E-state index contributed by atoms with van der Waals surface area (Å²) < 4.78 is 8.64. The van der Waals surface area contributed by atoms with Crippen molar-refractivity contribution in [2.24, 2.45) is 5.92 Å². The summed E-state index contributed by atoms with van der Waals surface area (Å²) in [6.45, 7) is 9.48. The van der Waals surface area contributed by atoms with Crippen LogP contribution in [0, 0.1) is 12.8 Å². The molecule has 0 spiro atoms. The maximum absolute atomic E-state index is 12.8. The monoisotopic (exact) mass is 391 g/mol. The van der Waals surface area contributed by atoms with Gasteiger partial charge >= 0.3 is 0 Å². The van der Waals surface area contributed by atoms with Crippen LogP contribution in [0.15, 0.2) is 18.3 Å². The Labute approximate surface area is 164 Å². The van der Waals surface area contributed by atoms with Gasteiger partial charge in [0.05, 0.1) is 25.3 Å². The van der Waals surface area contributed by atoms with Gasteiger partial charge in [-0.1, -0.05) is 0 Å². The standard InChI is InChI=1S/C19H26ClN5O2/c1-14-16(19(26)25(20)5-4-23-6-8-27-9-7-23)2-3-18-17(14)13-24(22-18)12-15-10-21-11-15/h2-3,13,15,21H,4-12H2,1H3. The molecular formula is C19H26ClN5O2. The maximum atomic E-state index is 12.8. The first kappa shape index (κ1) is 18.7. The topological polar surface area (TPSA) is 62.6 Å². The number of ether oxygens (including phenoxy) is 1. The molecule has 2 aromatic rings. The van der Waals surface area contributed by atoms with Crippen LogP contribution in [0.25, 0.3) is 10.9 Å². The molecule has 2 aliphatic heterocycles. The fraction of sp³-hybridized carbons (Fsp3) is 0.579. The Morgan fingerprint density at radius 1 is 1.37 bits per heavy atom. The van der Waals surface area contributed by atoms with E-state index in [1.54, 1.807) is 0 Å². The molecule has 0 unspecified atom stereocenters. The average Bonchev–Trinajstić information content (AvgIpc) is 3.07. The molecule has 2 saturated heterocycles. The van der Waals surface area contributed by atoms with Crippen LogP contribution in [0.1, 0.15) is 15.9 Å². The molecule has 3 heterocycles. The quantitative estimate of drug-likeness (QED) is 0.756. The highest BCUT2D eigenvalue weighted by molar-refractivity contribution is 6.24. The van der Waals surface area contributed by atoms with Crippen LogP contribution in [-0.2, 0) is 11.3 Å². The number of hydrogen-bond acceptors (Lipinski definition) is 5. The number of nitrogens with zero attached hydrogens (tertiary/aromatic N) is 4. The Bertz CT molecular complexity index is 814. The first-order valence-electron chi connectivity index (χ1n) is 9.57. The van der Waals surface area contributed by atoms with Gasteiger partial charge in [0, 0.05) is 74.1 Å². The van der Waals surface area contributed by atoms with Gasteiger partial charge in [0.2, 0.25) is 0 Å². The highest BCUT2D eigenvalue weighted by Gasteiger charge is 2.21. The van der Waals surface area contributed by atoms with Crippen molar-refractivity contribution in [3.8, 4) is 0 Å². The van der Waals surface area contributed by atoms with Crippen LogP contribution in [0.2, 0.25) is 0 Å². The molecule has 0 saturated carbocycles. The van der Waals surface area contributed by atoms with Crippen molar-refractivity contribution in [3.63, 3.8) is 0 Å². The summed E-state index contributed by atoms with van der Waals surface area (Å²) in [5.41, 5.74) is 2.50. The zero-order chi connectivity index (χ0) is 18.8. The van der Waals surface area contributed by atoms with Crippen LogP contribution in [0.3, 0.4) is 0 Å². The van der Waals surface area contributed by atoms with Gasteiger partial charge in [0.1, 0.15) is 0 Å². The molecule has 0 aliphatic carbocycles. The van der Waals surface area contributed by atoms with Crippen molar-refractivity contribution < 1.29 is 9.53 Å². The van der Waals surface area contributed by atoms with Crippen molar-refractivity contribution in [2.45, 2.75) is 13.5 Å². The van der Waals surface area contributed by atoms with Gasteiger partial charge in [-0.3, -0.25) is 14.4 Å². The van der Waals surface area contributed by atoms with Crippen molar-refractivity contribution >= 4 is 28.6 Å². The van der Waals surface area contributed by atoms with Crippen molar-refractivity contribution in [1.29, 1.82) is 0 Å². The van der Waals surface area contributed by atoms with Gasteiger partial charge in [0.25, 0.3) is 5.91 Å². The first-order chi connectivity index (χ1) is 13.1. The molecule has 7 nitrogen and oxygen atoms in total. The number of carbonyl (C=O) groups is 1. The lowest BCUT2D eigenvalue weighted by Gasteiger charge is -2.27. The van der Waals surface area contributed by atoms with E-state index in [0.717, 1.165) is 68.9 Å². The minimum atomic E-state index is -0.153. The van der Waals surface area contributed by atoms with Gasteiger partial charge in [-0.05, 0) is 24.6 Å². The number of rotatable bonds is 6. The molecule has 1 N–H and O–H groups in total. The number of halogens is 1. The highest BCUT2D eigenvalue weighted by atomic mass is 35.5. The van der Waals surface area contributed by atoms with Crippen LogP contribution in [-0.4, -0.2) is 77.5 Å². The normalized spacial score (nSPS) is 18.6. The van der Waals surface area contributed by atoms with Crippen LogP contribution in [0.5, 0.6) is 0 Å².